The first-order chi connectivity index (χ1) is 27.1. The molecule has 1 aliphatic carbocycles. The number of piperidine rings is 2. The predicted molar refractivity (Wildman–Crippen MR) is 208 cm³/mol. The fourth-order valence-corrected chi connectivity index (χ4v) is 9.70. The lowest BCUT2D eigenvalue weighted by molar-refractivity contribution is -0.136. The molecule has 4 aliphatic heterocycles. The van der Waals surface area contributed by atoms with Gasteiger partial charge in [0.1, 0.15) is 17.6 Å². The number of carbonyl (C=O) groups is 3. The first-order valence-electron chi connectivity index (χ1n) is 19.8. The summed E-state index contributed by atoms with van der Waals surface area (Å²) >= 11 is 0. The van der Waals surface area contributed by atoms with E-state index in [-0.39, 0.29) is 41.9 Å². The minimum absolute atomic E-state index is 0.108. The van der Waals surface area contributed by atoms with Crippen molar-refractivity contribution in [3.05, 3.63) is 118 Å². The van der Waals surface area contributed by atoms with E-state index in [0.717, 1.165) is 86.9 Å². The molecule has 0 unspecified atom stereocenters. The number of pyridine rings is 1. The maximum atomic E-state index is 15.5. The van der Waals surface area contributed by atoms with Gasteiger partial charge < -0.3 is 19.8 Å². The summed E-state index contributed by atoms with van der Waals surface area (Å²) in [4.78, 5) is 51.0. The van der Waals surface area contributed by atoms with Crippen LogP contribution in [0.25, 0.3) is 0 Å². The van der Waals surface area contributed by atoms with E-state index >= 15 is 8.78 Å². The van der Waals surface area contributed by atoms with Crippen LogP contribution in [0.4, 0.5) is 20.3 Å². The molecular formula is C44H46F2N6O4. The van der Waals surface area contributed by atoms with Crippen molar-refractivity contribution in [3.63, 3.8) is 0 Å². The van der Waals surface area contributed by atoms with Gasteiger partial charge in [-0.15, -0.1) is 0 Å². The number of amides is 3. The van der Waals surface area contributed by atoms with Crippen LogP contribution in [0.3, 0.4) is 0 Å². The van der Waals surface area contributed by atoms with E-state index in [9.17, 15) is 19.5 Å². The third-order valence-electron chi connectivity index (χ3n) is 12.7. The van der Waals surface area contributed by atoms with E-state index in [4.69, 9.17) is 4.98 Å². The molecule has 5 heterocycles. The minimum Gasteiger partial charge on any atom is -0.508 e. The van der Waals surface area contributed by atoms with Crippen molar-refractivity contribution in [2.24, 2.45) is 5.92 Å². The quantitative estimate of drug-likeness (QED) is 0.221. The number of phenolic OH excluding ortho intramolecular Hbond substituents is 1. The number of piperazine rings is 1. The molecular weight excluding hydrogens is 715 g/mol. The van der Waals surface area contributed by atoms with Crippen molar-refractivity contribution >= 4 is 29.2 Å². The minimum atomic E-state index is -3.06. The number of imide groups is 1. The average Bonchev–Trinajstić information content (AvgIpc) is 3.53. The van der Waals surface area contributed by atoms with Gasteiger partial charge >= 0.3 is 0 Å². The summed E-state index contributed by atoms with van der Waals surface area (Å²) in [7, 11) is 0. The number of anilines is 2. The Hall–Kier alpha value is -5.36. The second-order valence-electron chi connectivity index (χ2n) is 16.1. The number of halogens is 2. The van der Waals surface area contributed by atoms with E-state index in [1.165, 1.54) is 12.1 Å². The number of aromatic hydroxyl groups is 1. The van der Waals surface area contributed by atoms with Crippen LogP contribution in [0.1, 0.15) is 82.1 Å². The van der Waals surface area contributed by atoms with Crippen LogP contribution in [0.2, 0.25) is 0 Å². The zero-order valence-corrected chi connectivity index (χ0v) is 31.2. The standard InChI is InChI=1S/C44H46F2N6O4/c45-44(46)24-36(29-4-2-1-3-5-29)41(35-10-8-33(53)23-37(35)44)30-6-12-39(47-25-30)51-16-14-28(15-17-51)26-49-18-20-50(21-19-49)32-7-9-34-31(22-32)27-52(43(34)56)38-11-13-40(54)48-42(38)55/h1-10,12,22-23,25,28,36,38,41,53H,11,13-21,24,26-27H2,(H,48,54,55)/t36-,38+,41-/m1/s1. The van der Waals surface area contributed by atoms with Gasteiger partial charge in [0.15, 0.2) is 0 Å². The first kappa shape index (κ1) is 36.3. The van der Waals surface area contributed by atoms with Gasteiger partial charge in [0.2, 0.25) is 11.8 Å². The lowest BCUT2D eigenvalue weighted by Crippen LogP contribution is -2.52. The zero-order valence-electron chi connectivity index (χ0n) is 31.2. The Morgan fingerprint density at radius 2 is 1.61 bits per heavy atom. The van der Waals surface area contributed by atoms with Crippen molar-refractivity contribution in [2.45, 2.75) is 62.4 Å². The first-order valence-corrected chi connectivity index (χ1v) is 19.8. The summed E-state index contributed by atoms with van der Waals surface area (Å²) in [5.41, 5.74) is 4.84. The van der Waals surface area contributed by atoms with Crippen LogP contribution in [0.5, 0.6) is 5.75 Å². The van der Waals surface area contributed by atoms with Crippen LogP contribution < -0.4 is 15.1 Å². The van der Waals surface area contributed by atoms with Gasteiger partial charge in [-0.1, -0.05) is 42.5 Å². The number of nitrogens with zero attached hydrogens (tertiary/aromatic N) is 5. The third kappa shape index (κ3) is 6.88. The third-order valence-corrected chi connectivity index (χ3v) is 12.7. The fraction of sp³-hybridized carbons (Fsp3) is 0.409. The van der Waals surface area contributed by atoms with Gasteiger partial charge in [0.25, 0.3) is 11.8 Å². The number of hydrogen-bond donors (Lipinski definition) is 2. The number of benzene rings is 3. The maximum absolute atomic E-state index is 15.5. The summed E-state index contributed by atoms with van der Waals surface area (Å²) in [6, 6.07) is 23.3. The number of fused-ring (bicyclic) bond motifs is 2. The Bertz CT molecular complexity index is 2130. The number of aromatic nitrogens is 1. The summed E-state index contributed by atoms with van der Waals surface area (Å²) in [6.45, 7) is 6.96. The summed E-state index contributed by atoms with van der Waals surface area (Å²) in [5, 5.41) is 12.5. The topological polar surface area (TPSA) is 109 Å². The number of nitrogens with one attached hydrogen (secondary N) is 1. The molecule has 0 spiro atoms. The van der Waals surface area contributed by atoms with Gasteiger partial charge in [-0.3, -0.25) is 24.6 Å². The van der Waals surface area contributed by atoms with Crippen molar-refractivity contribution in [2.75, 3.05) is 55.6 Å². The highest BCUT2D eigenvalue weighted by atomic mass is 19.3. The van der Waals surface area contributed by atoms with E-state index in [2.05, 4.69) is 26.1 Å². The molecule has 2 N–H and O–H groups in total. The fourth-order valence-electron chi connectivity index (χ4n) is 9.70. The van der Waals surface area contributed by atoms with Crippen LogP contribution in [0.15, 0.2) is 85.1 Å². The summed E-state index contributed by atoms with van der Waals surface area (Å²) in [6.07, 6.45) is 4.25. The van der Waals surface area contributed by atoms with Gasteiger partial charge in [-0.2, -0.15) is 0 Å². The Morgan fingerprint density at radius 3 is 2.34 bits per heavy atom. The van der Waals surface area contributed by atoms with Crippen molar-refractivity contribution < 1.29 is 28.3 Å². The molecule has 9 rings (SSSR count). The molecule has 12 heteroatoms. The highest BCUT2D eigenvalue weighted by molar-refractivity contribution is 6.05. The normalized spacial score (nSPS) is 24.2. The largest absolute Gasteiger partial charge is 0.508 e. The zero-order chi connectivity index (χ0) is 38.6. The van der Waals surface area contributed by atoms with Crippen LogP contribution >= 0.6 is 0 Å². The van der Waals surface area contributed by atoms with Crippen molar-refractivity contribution in [1.82, 2.24) is 20.1 Å². The number of hydrogen-bond acceptors (Lipinski definition) is 8. The van der Waals surface area contributed by atoms with E-state index in [1.54, 1.807) is 11.0 Å². The second-order valence-corrected chi connectivity index (χ2v) is 16.1. The van der Waals surface area contributed by atoms with E-state index in [0.29, 0.717) is 30.0 Å². The molecule has 3 fully saturated rings. The average molecular weight is 761 g/mol. The smallest absolute Gasteiger partial charge is 0.274 e. The van der Waals surface area contributed by atoms with Gasteiger partial charge in [-0.25, -0.2) is 13.8 Å². The molecule has 5 aliphatic rings. The molecule has 1 aromatic heterocycles. The lowest BCUT2D eigenvalue weighted by Gasteiger charge is -2.40. The number of phenols is 1. The van der Waals surface area contributed by atoms with Crippen molar-refractivity contribution in [3.8, 4) is 5.75 Å². The Labute approximate surface area is 325 Å². The monoisotopic (exact) mass is 760 g/mol. The molecule has 56 heavy (non-hydrogen) atoms. The van der Waals surface area contributed by atoms with Crippen LogP contribution in [-0.2, 0) is 22.1 Å². The summed E-state index contributed by atoms with van der Waals surface area (Å²) < 4.78 is 31.1. The maximum Gasteiger partial charge on any atom is 0.274 e. The van der Waals surface area contributed by atoms with Gasteiger partial charge in [-0.05, 0) is 83.8 Å². The Balaban J connectivity index is 0.793. The highest BCUT2D eigenvalue weighted by Crippen LogP contribution is 2.54. The molecule has 4 aromatic rings. The molecule has 0 bridgehead atoms. The van der Waals surface area contributed by atoms with Gasteiger partial charge in [0, 0.05) is 100 Å². The molecule has 290 valence electrons. The molecule has 3 saturated heterocycles. The Kier molecular flexibility index (Phi) is 9.47. The number of rotatable bonds is 7. The van der Waals surface area contributed by atoms with E-state index < -0.39 is 23.8 Å². The molecule has 0 saturated carbocycles. The van der Waals surface area contributed by atoms with Crippen LogP contribution in [-0.4, -0.2) is 89.5 Å². The molecule has 3 aromatic carbocycles. The molecule has 3 amide bonds. The predicted octanol–water partition coefficient (Wildman–Crippen LogP) is 6.00. The lowest BCUT2D eigenvalue weighted by atomic mass is 9.68. The second kappa shape index (κ2) is 14.6. The number of carbonyl (C=O) groups excluding carboxylic acids is 3. The highest BCUT2D eigenvalue weighted by Gasteiger charge is 2.47. The van der Waals surface area contributed by atoms with Crippen LogP contribution in [0, 0.1) is 5.92 Å². The van der Waals surface area contributed by atoms with Crippen molar-refractivity contribution in [1.29, 1.82) is 0 Å². The van der Waals surface area contributed by atoms with Gasteiger partial charge in [0.05, 0.1) is 0 Å². The SMILES string of the molecule is O=C1CC[C@H](N2Cc3cc(N4CCN(CC5CCN(c6ccc([C@@H]7c8ccc(O)cc8C(F)(F)C[C@@H]7c7ccccc7)cn6)CC5)CC4)ccc3C2=O)C(=O)N1. The molecule has 0 radical (unpaired) electrons. The molecule has 3 atom stereocenters. The molecule has 10 nitrogen and oxygen atoms in total. The van der Waals surface area contributed by atoms with E-state index in [1.807, 2.05) is 60.8 Å². The summed E-state index contributed by atoms with van der Waals surface area (Å²) in [5.74, 6) is -3.31. The number of alkyl halides is 2. The Morgan fingerprint density at radius 1 is 0.821 bits per heavy atom.